The van der Waals surface area contributed by atoms with Crippen LogP contribution in [0.1, 0.15) is 0 Å². The largest absolute Gasteiger partial charge is 0.399 e. The summed E-state index contributed by atoms with van der Waals surface area (Å²) in [4.78, 5) is 8.87. The highest BCUT2D eigenvalue weighted by Crippen LogP contribution is 2.23. The lowest BCUT2D eigenvalue weighted by molar-refractivity contribution is -0.133. The SMILES string of the molecule is C#COOc1ccc(N)cc1N. The van der Waals surface area contributed by atoms with Gasteiger partial charge in [0.25, 0.3) is 0 Å². The summed E-state index contributed by atoms with van der Waals surface area (Å²) in [6.07, 6.45) is 6.64. The van der Waals surface area contributed by atoms with Crippen LogP contribution >= 0.6 is 0 Å². The molecule has 0 amide bonds. The fourth-order valence-electron chi connectivity index (χ4n) is 0.712. The molecule has 4 nitrogen and oxygen atoms in total. The summed E-state index contributed by atoms with van der Waals surface area (Å²) in [7, 11) is 0. The van der Waals surface area contributed by atoms with Gasteiger partial charge in [0.05, 0.1) is 5.69 Å². The lowest BCUT2D eigenvalue weighted by atomic mass is 10.3. The Hall–Kier alpha value is -2.02. The van der Waals surface area contributed by atoms with Gasteiger partial charge in [-0.05, 0) is 18.2 Å². The maximum atomic E-state index is 5.51. The molecule has 1 aromatic rings. The van der Waals surface area contributed by atoms with Crippen LogP contribution in [-0.2, 0) is 4.89 Å². The summed E-state index contributed by atoms with van der Waals surface area (Å²) in [6, 6.07) is 4.75. The first kappa shape index (κ1) is 8.08. The Morgan fingerprint density at radius 2 is 2.08 bits per heavy atom. The van der Waals surface area contributed by atoms with E-state index >= 15 is 0 Å². The van der Waals surface area contributed by atoms with E-state index in [-0.39, 0.29) is 0 Å². The third kappa shape index (κ3) is 1.73. The molecule has 0 unspecified atom stereocenters. The molecule has 0 aromatic heterocycles. The Kier molecular flexibility index (Phi) is 2.29. The highest BCUT2D eigenvalue weighted by molar-refractivity contribution is 5.60. The van der Waals surface area contributed by atoms with E-state index < -0.39 is 0 Å². The molecule has 0 aliphatic rings. The molecule has 4 N–H and O–H groups in total. The molecule has 0 radical (unpaired) electrons. The Labute approximate surface area is 70.0 Å². The van der Waals surface area contributed by atoms with Crippen LogP contribution in [0.3, 0.4) is 0 Å². The minimum atomic E-state index is 0.349. The van der Waals surface area contributed by atoms with Crippen LogP contribution in [0.2, 0.25) is 0 Å². The van der Waals surface area contributed by atoms with Crippen molar-refractivity contribution in [2.24, 2.45) is 0 Å². The molecule has 0 spiro atoms. The summed E-state index contributed by atoms with van der Waals surface area (Å²) in [5, 5.41) is 0. The second kappa shape index (κ2) is 3.39. The Balaban J connectivity index is 2.81. The number of nitrogens with two attached hydrogens (primary N) is 2. The normalized spacial score (nSPS) is 8.58. The standard InChI is InChI=1S/C8H8N2O2/c1-2-11-12-8-4-3-6(9)5-7(8)10/h1,3-5H,9-10H2. The molecule has 0 fully saturated rings. The minimum absolute atomic E-state index is 0.349. The number of benzene rings is 1. The first-order chi connectivity index (χ1) is 5.74. The molecule has 0 atom stereocenters. The molecule has 1 rings (SSSR count). The maximum absolute atomic E-state index is 5.51. The second-order valence-corrected chi connectivity index (χ2v) is 2.08. The molecule has 12 heavy (non-hydrogen) atoms. The fourth-order valence-corrected chi connectivity index (χ4v) is 0.712. The van der Waals surface area contributed by atoms with Crippen molar-refractivity contribution in [3.63, 3.8) is 0 Å². The molecule has 0 heterocycles. The number of hydrogen-bond donors (Lipinski definition) is 2. The summed E-state index contributed by atoms with van der Waals surface area (Å²) in [5.41, 5.74) is 11.9. The van der Waals surface area contributed by atoms with E-state index in [1.54, 1.807) is 18.2 Å². The van der Waals surface area contributed by atoms with Gasteiger partial charge in [0, 0.05) is 5.69 Å². The van der Waals surface area contributed by atoms with E-state index in [4.69, 9.17) is 17.9 Å². The smallest absolute Gasteiger partial charge is 0.202 e. The molecule has 62 valence electrons. The van der Waals surface area contributed by atoms with Gasteiger partial charge in [0.1, 0.15) is 0 Å². The highest BCUT2D eigenvalue weighted by atomic mass is 17.2. The molecular weight excluding hydrogens is 156 g/mol. The molecule has 0 aliphatic carbocycles. The van der Waals surface area contributed by atoms with Gasteiger partial charge in [-0.3, -0.25) is 4.89 Å². The Morgan fingerprint density at radius 1 is 1.33 bits per heavy atom. The quantitative estimate of drug-likeness (QED) is 0.293. The first-order valence-corrected chi connectivity index (χ1v) is 3.18. The summed E-state index contributed by atoms with van der Waals surface area (Å²) in [5.74, 6) is 0.349. The molecule has 0 saturated carbocycles. The minimum Gasteiger partial charge on any atom is -0.399 e. The van der Waals surface area contributed by atoms with Crippen molar-refractivity contribution in [1.29, 1.82) is 0 Å². The number of rotatable bonds is 2. The zero-order chi connectivity index (χ0) is 8.97. The topological polar surface area (TPSA) is 70.5 Å². The van der Waals surface area contributed by atoms with E-state index in [0.717, 1.165) is 0 Å². The number of anilines is 2. The maximum Gasteiger partial charge on any atom is 0.202 e. The Morgan fingerprint density at radius 3 is 2.67 bits per heavy atom. The van der Waals surface area contributed by atoms with Gasteiger partial charge >= 0.3 is 0 Å². The van der Waals surface area contributed by atoms with Crippen LogP contribution in [0.4, 0.5) is 11.4 Å². The van der Waals surface area contributed by atoms with Gasteiger partial charge in [-0.1, -0.05) is 6.42 Å². The number of terminal acetylenes is 1. The number of hydrogen-bond acceptors (Lipinski definition) is 4. The highest BCUT2D eigenvalue weighted by Gasteiger charge is 2.00. The lowest BCUT2D eigenvalue weighted by Crippen LogP contribution is -1.96. The average Bonchev–Trinajstić information content (AvgIpc) is 2.03. The number of nitrogen functional groups attached to an aromatic ring is 2. The van der Waals surface area contributed by atoms with E-state index in [2.05, 4.69) is 9.78 Å². The van der Waals surface area contributed by atoms with E-state index in [0.29, 0.717) is 17.1 Å². The van der Waals surface area contributed by atoms with Gasteiger partial charge in [0.2, 0.25) is 5.75 Å². The fraction of sp³-hybridized carbons (Fsp3) is 0. The summed E-state index contributed by atoms with van der Waals surface area (Å²) in [6.45, 7) is 0. The van der Waals surface area contributed by atoms with Crippen LogP contribution in [0.15, 0.2) is 18.2 Å². The summed E-state index contributed by atoms with van der Waals surface area (Å²) < 4.78 is 0. The zero-order valence-electron chi connectivity index (χ0n) is 6.28. The zero-order valence-corrected chi connectivity index (χ0v) is 6.28. The first-order valence-electron chi connectivity index (χ1n) is 3.18. The molecule has 4 heteroatoms. The molecular formula is C8H8N2O2. The van der Waals surface area contributed by atoms with Crippen molar-refractivity contribution < 1.29 is 9.78 Å². The van der Waals surface area contributed by atoms with Crippen molar-refractivity contribution in [2.75, 3.05) is 11.5 Å². The van der Waals surface area contributed by atoms with Crippen LogP contribution in [0.25, 0.3) is 0 Å². The predicted molar refractivity (Wildman–Crippen MR) is 45.8 cm³/mol. The average molecular weight is 164 g/mol. The van der Waals surface area contributed by atoms with Gasteiger partial charge in [-0.15, -0.1) is 0 Å². The van der Waals surface area contributed by atoms with E-state index in [9.17, 15) is 0 Å². The van der Waals surface area contributed by atoms with Gasteiger partial charge in [-0.25, -0.2) is 4.89 Å². The van der Waals surface area contributed by atoms with Crippen molar-refractivity contribution in [2.45, 2.75) is 0 Å². The summed E-state index contributed by atoms with van der Waals surface area (Å²) >= 11 is 0. The van der Waals surface area contributed by atoms with Gasteiger partial charge in [-0.2, -0.15) is 0 Å². The van der Waals surface area contributed by atoms with Crippen LogP contribution < -0.4 is 16.4 Å². The molecule has 0 bridgehead atoms. The van der Waals surface area contributed by atoms with Crippen molar-refractivity contribution in [3.8, 4) is 18.3 Å². The van der Waals surface area contributed by atoms with Crippen LogP contribution in [0.5, 0.6) is 5.75 Å². The van der Waals surface area contributed by atoms with Crippen LogP contribution in [0, 0.1) is 12.5 Å². The molecule has 1 aromatic carbocycles. The lowest BCUT2D eigenvalue weighted by Gasteiger charge is -2.03. The monoisotopic (exact) mass is 164 g/mol. The third-order valence-corrected chi connectivity index (χ3v) is 1.21. The third-order valence-electron chi connectivity index (χ3n) is 1.21. The molecule has 0 aliphatic heterocycles. The van der Waals surface area contributed by atoms with E-state index in [1.165, 1.54) is 0 Å². The van der Waals surface area contributed by atoms with Crippen LogP contribution in [-0.4, -0.2) is 0 Å². The molecule has 0 saturated heterocycles. The van der Waals surface area contributed by atoms with Crippen molar-refractivity contribution >= 4 is 11.4 Å². The Bertz CT molecular complexity index is 317. The van der Waals surface area contributed by atoms with Gasteiger partial charge in [0.15, 0.2) is 6.11 Å². The second-order valence-electron chi connectivity index (χ2n) is 2.08. The van der Waals surface area contributed by atoms with Gasteiger partial charge < -0.3 is 11.5 Å². The van der Waals surface area contributed by atoms with E-state index in [1.807, 2.05) is 6.11 Å². The van der Waals surface area contributed by atoms with Crippen molar-refractivity contribution in [1.82, 2.24) is 0 Å². The predicted octanol–water partition coefficient (Wildman–Crippen LogP) is 0.752. The van der Waals surface area contributed by atoms with Crippen molar-refractivity contribution in [3.05, 3.63) is 18.2 Å².